The maximum atomic E-state index is 13.3. The maximum absolute atomic E-state index is 13.3. The number of hydrogen-bond donors (Lipinski definition) is 1. The highest BCUT2D eigenvalue weighted by Gasteiger charge is 2.49. The molecule has 2 bridgehead atoms. The van der Waals surface area contributed by atoms with Gasteiger partial charge in [-0.15, -0.1) is 0 Å². The maximum Gasteiger partial charge on any atom is 0.247 e. The summed E-state index contributed by atoms with van der Waals surface area (Å²) in [6.45, 7) is 6.46. The minimum atomic E-state index is -3.58. The van der Waals surface area contributed by atoms with Crippen molar-refractivity contribution in [2.24, 2.45) is 0 Å². The smallest absolute Gasteiger partial charge is 0.247 e. The van der Waals surface area contributed by atoms with Gasteiger partial charge in [0.1, 0.15) is 11.0 Å². The number of rotatable bonds is 7. The predicted molar refractivity (Wildman–Crippen MR) is 105 cm³/mol. The Kier molecular flexibility index (Phi) is 5.58. The van der Waals surface area contributed by atoms with Crippen LogP contribution in [0.1, 0.15) is 49.7 Å². The Balaban J connectivity index is 1.45. The van der Waals surface area contributed by atoms with Crippen LogP contribution in [0.25, 0.3) is 0 Å². The van der Waals surface area contributed by atoms with E-state index in [2.05, 4.69) is 20.2 Å². The molecule has 2 aromatic heterocycles. The van der Waals surface area contributed by atoms with Gasteiger partial charge in [-0.2, -0.15) is 9.40 Å². The molecule has 158 valence electrons. The van der Waals surface area contributed by atoms with Crippen molar-refractivity contribution in [3.63, 3.8) is 0 Å². The lowest BCUT2D eigenvalue weighted by Crippen LogP contribution is -2.49. The molecule has 29 heavy (non-hydrogen) atoms. The Bertz CT molecular complexity index is 926. The number of aromatic nitrogens is 4. The molecule has 1 N–H and O–H groups in total. The van der Waals surface area contributed by atoms with E-state index in [9.17, 15) is 8.42 Å². The summed E-state index contributed by atoms with van der Waals surface area (Å²) < 4.78 is 39.7. The molecule has 2 aliphatic heterocycles. The first kappa shape index (κ1) is 20.2. The summed E-state index contributed by atoms with van der Waals surface area (Å²) >= 11 is 0. The van der Waals surface area contributed by atoms with Gasteiger partial charge in [-0.3, -0.25) is 10.1 Å². The van der Waals surface area contributed by atoms with E-state index in [1.54, 1.807) is 30.5 Å². The van der Waals surface area contributed by atoms with E-state index in [-0.39, 0.29) is 18.2 Å². The number of hydrogen-bond acceptors (Lipinski definition) is 7. The summed E-state index contributed by atoms with van der Waals surface area (Å²) in [5.74, 6) is 0.465. The lowest BCUT2D eigenvalue weighted by Gasteiger charge is -2.37. The number of nitrogens with zero attached hydrogens (tertiary/aromatic N) is 4. The zero-order valence-corrected chi connectivity index (χ0v) is 17.8. The predicted octanol–water partition coefficient (Wildman–Crippen LogP) is 2.12. The number of aromatic amines is 1. The first-order valence-corrected chi connectivity index (χ1v) is 11.4. The van der Waals surface area contributed by atoms with Crippen LogP contribution in [0.5, 0.6) is 5.88 Å². The number of piperidine rings is 1. The monoisotopic (exact) mass is 421 g/mol. The molecule has 0 radical (unpaired) electrons. The van der Waals surface area contributed by atoms with Crippen LogP contribution in [0.2, 0.25) is 0 Å². The van der Waals surface area contributed by atoms with Crippen molar-refractivity contribution in [1.82, 2.24) is 24.5 Å². The summed E-state index contributed by atoms with van der Waals surface area (Å²) in [5.41, 5.74) is 1.86. The highest BCUT2D eigenvalue weighted by molar-refractivity contribution is 7.89. The highest BCUT2D eigenvalue weighted by Crippen LogP contribution is 2.41. The summed E-state index contributed by atoms with van der Waals surface area (Å²) in [6.07, 6.45) is 6.18. The van der Waals surface area contributed by atoms with E-state index in [1.165, 1.54) is 0 Å². The fourth-order valence-corrected chi connectivity index (χ4v) is 6.68. The Morgan fingerprint density at radius 3 is 2.45 bits per heavy atom. The Hall–Kier alpha value is -2.04. The van der Waals surface area contributed by atoms with Crippen LogP contribution in [0.4, 0.5) is 0 Å². The van der Waals surface area contributed by atoms with E-state index in [0.717, 1.165) is 18.5 Å². The number of nitrogens with one attached hydrogen (secondary N) is 1. The molecule has 0 amide bonds. The summed E-state index contributed by atoms with van der Waals surface area (Å²) in [4.78, 5) is 8.94. The van der Waals surface area contributed by atoms with Gasteiger partial charge < -0.3 is 9.47 Å². The summed E-state index contributed by atoms with van der Waals surface area (Å²) in [7, 11) is -3.58. The van der Waals surface area contributed by atoms with Crippen molar-refractivity contribution < 1.29 is 17.9 Å². The molecule has 0 saturated carbocycles. The number of fused-ring (bicyclic) bond motifs is 2. The topological polar surface area (TPSA) is 110 Å². The first-order valence-electron chi connectivity index (χ1n) is 10.0. The normalized spacial score (nSPS) is 24.7. The van der Waals surface area contributed by atoms with Gasteiger partial charge >= 0.3 is 0 Å². The van der Waals surface area contributed by atoms with Crippen molar-refractivity contribution >= 4 is 10.0 Å². The molecule has 0 unspecified atom stereocenters. The average Bonchev–Trinajstić information content (AvgIpc) is 3.18. The van der Waals surface area contributed by atoms with Crippen molar-refractivity contribution in [3.8, 4) is 5.88 Å². The minimum Gasteiger partial charge on any atom is -0.473 e. The van der Waals surface area contributed by atoms with E-state index in [4.69, 9.17) is 9.47 Å². The van der Waals surface area contributed by atoms with Gasteiger partial charge in [-0.1, -0.05) is 0 Å². The van der Waals surface area contributed by atoms with E-state index in [1.807, 2.05) is 6.92 Å². The average molecular weight is 422 g/mol. The highest BCUT2D eigenvalue weighted by atomic mass is 32.2. The second-order valence-electron chi connectivity index (χ2n) is 7.68. The van der Waals surface area contributed by atoms with Gasteiger partial charge in [0.25, 0.3) is 0 Å². The molecular formula is C19H27N5O4S. The van der Waals surface area contributed by atoms with Crippen molar-refractivity contribution in [2.45, 2.75) is 76.1 Å². The fourth-order valence-electron chi connectivity index (χ4n) is 4.45. The quantitative estimate of drug-likeness (QED) is 0.729. The van der Waals surface area contributed by atoms with Crippen LogP contribution in [-0.2, 0) is 21.4 Å². The molecule has 4 heterocycles. The number of H-pyrrole nitrogens is 1. The van der Waals surface area contributed by atoms with E-state index >= 15 is 0 Å². The van der Waals surface area contributed by atoms with Gasteiger partial charge in [-0.25, -0.2) is 13.4 Å². The number of aryl methyl sites for hydroxylation is 2. The third kappa shape index (κ3) is 3.88. The molecule has 3 atom stereocenters. The van der Waals surface area contributed by atoms with Crippen LogP contribution < -0.4 is 4.74 Å². The molecule has 2 aromatic rings. The minimum absolute atomic E-state index is 0.0670. The zero-order valence-electron chi connectivity index (χ0n) is 17.0. The van der Waals surface area contributed by atoms with Crippen LogP contribution in [-0.4, -0.2) is 57.7 Å². The summed E-state index contributed by atoms with van der Waals surface area (Å²) in [6, 6.07) is -0.134. The van der Waals surface area contributed by atoms with Crippen molar-refractivity contribution in [3.05, 3.63) is 29.5 Å². The Morgan fingerprint density at radius 2 is 1.90 bits per heavy atom. The van der Waals surface area contributed by atoms with Gasteiger partial charge in [-0.05, 0) is 33.6 Å². The SMILES string of the molecule is CCOCc1cnc(O[C@@H]2C[C@H]3CC[C@@H](C2)N3S(=O)(=O)c2c(C)n[nH]c2C)cn1. The third-order valence-corrected chi connectivity index (χ3v) is 7.91. The van der Waals surface area contributed by atoms with Gasteiger partial charge in [0.05, 0.1) is 36.1 Å². The second-order valence-corrected chi connectivity index (χ2v) is 9.46. The van der Waals surface area contributed by atoms with Crippen LogP contribution in [0.3, 0.4) is 0 Å². The molecule has 0 spiro atoms. The molecule has 9 nitrogen and oxygen atoms in total. The molecule has 0 aliphatic carbocycles. The summed E-state index contributed by atoms with van der Waals surface area (Å²) in [5, 5.41) is 6.85. The number of ether oxygens (including phenoxy) is 2. The third-order valence-electron chi connectivity index (χ3n) is 5.64. The van der Waals surface area contributed by atoms with Gasteiger partial charge in [0.15, 0.2) is 0 Å². The zero-order chi connectivity index (χ0) is 20.6. The largest absolute Gasteiger partial charge is 0.473 e. The van der Waals surface area contributed by atoms with Gasteiger partial charge in [0, 0.05) is 31.5 Å². The van der Waals surface area contributed by atoms with Crippen molar-refractivity contribution in [2.75, 3.05) is 6.61 Å². The van der Waals surface area contributed by atoms with Crippen LogP contribution in [0, 0.1) is 13.8 Å². The fraction of sp³-hybridized carbons (Fsp3) is 0.632. The van der Waals surface area contributed by atoms with Crippen LogP contribution in [0.15, 0.2) is 17.3 Å². The lowest BCUT2D eigenvalue weighted by atomic mass is 10.0. The standard InChI is InChI=1S/C19H27N5O4S/c1-4-27-11-14-9-21-18(10-20-14)28-17-7-15-5-6-16(8-17)24(15)29(25,26)19-12(2)22-23-13(19)3/h9-10,15-17H,4-8,11H2,1-3H3,(H,22,23)/t15-,16+,17-. The van der Waals surface area contributed by atoms with Crippen LogP contribution >= 0.6 is 0 Å². The molecular weight excluding hydrogens is 394 g/mol. The second kappa shape index (κ2) is 8.00. The molecule has 2 saturated heterocycles. The Labute approximate surface area is 170 Å². The molecule has 10 heteroatoms. The Morgan fingerprint density at radius 1 is 1.17 bits per heavy atom. The van der Waals surface area contributed by atoms with Crippen molar-refractivity contribution in [1.29, 1.82) is 0 Å². The molecule has 2 aliphatic rings. The molecule has 2 fully saturated rings. The van der Waals surface area contributed by atoms with E-state index in [0.29, 0.717) is 48.2 Å². The number of sulfonamides is 1. The first-order chi connectivity index (χ1) is 13.9. The lowest BCUT2D eigenvalue weighted by molar-refractivity contribution is 0.0910. The molecule has 4 rings (SSSR count). The molecule has 0 aromatic carbocycles. The van der Waals surface area contributed by atoms with Gasteiger partial charge in [0.2, 0.25) is 15.9 Å². The van der Waals surface area contributed by atoms with E-state index < -0.39 is 10.0 Å².